The van der Waals surface area contributed by atoms with Crippen LogP contribution in [0.4, 0.5) is 0 Å². The van der Waals surface area contributed by atoms with Crippen LogP contribution in [-0.4, -0.2) is 13.7 Å². The first kappa shape index (κ1) is 16.0. The van der Waals surface area contributed by atoms with E-state index >= 15 is 0 Å². The van der Waals surface area contributed by atoms with E-state index in [1.54, 1.807) is 18.4 Å². The summed E-state index contributed by atoms with van der Waals surface area (Å²) in [6.07, 6.45) is 1.09. The first-order valence-corrected chi connectivity index (χ1v) is 8.98. The molecular weight excluding hydrogens is 402 g/mol. The Morgan fingerprint density at radius 3 is 2.65 bits per heavy atom. The predicted octanol–water partition coefficient (Wildman–Crippen LogP) is 5.37. The number of ether oxygens (including phenoxy) is 1. The Balaban J connectivity index is 2.43. The zero-order valence-corrected chi connectivity index (χ0v) is 15.4. The Kier molecular flexibility index (Phi) is 6.08. The van der Waals surface area contributed by atoms with E-state index in [1.165, 1.54) is 5.56 Å². The lowest BCUT2D eigenvalue weighted by Gasteiger charge is -2.21. The van der Waals surface area contributed by atoms with E-state index in [4.69, 9.17) is 4.74 Å². The fourth-order valence-electron chi connectivity index (χ4n) is 2.10. The summed E-state index contributed by atoms with van der Waals surface area (Å²) in [4.78, 5) is 0. The fraction of sp³-hybridized carbons (Fsp3) is 0.333. The molecule has 0 saturated carbocycles. The van der Waals surface area contributed by atoms with Crippen molar-refractivity contribution in [3.8, 4) is 5.75 Å². The lowest BCUT2D eigenvalue weighted by atomic mass is 10.00. The SMILES string of the molecule is CCCNC(c1cscc1Br)c1ccc(Br)cc1OC. The normalized spacial score (nSPS) is 12.4. The Hall–Kier alpha value is -0.360. The van der Waals surface area contributed by atoms with E-state index in [-0.39, 0.29) is 6.04 Å². The van der Waals surface area contributed by atoms with Gasteiger partial charge in [-0.25, -0.2) is 0 Å². The lowest BCUT2D eigenvalue weighted by Crippen LogP contribution is -2.23. The largest absolute Gasteiger partial charge is 0.496 e. The number of methoxy groups -OCH3 is 1. The first-order chi connectivity index (χ1) is 9.67. The summed E-state index contributed by atoms with van der Waals surface area (Å²) < 4.78 is 7.71. The highest BCUT2D eigenvalue weighted by Crippen LogP contribution is 2.36. The molecule has 0 aliphatic heterocycles. The van der Waals surface area contributed by atoms with Gasteiger partial charge < -0.3 is 10.1 Å². The fourth-order valence-corrected chi connectivity index (χ4v) is 3.99. The molecule has 0 amide bonds. The minimum atomic E-state index is 0.138. The second-order valence-electron chi connectivity index (χ2n) is 4.45. The zero-order chi connectivity index (χ0) is 14.5. The number of thiophene rings is 1. The van der Waals surface area contributed by atoms with Crippen LogP contribution in [0.1, 0.15) is 30.5 Å². The van der Waals surface area contributed by atoms with E-state index in [2.05, 4.69) is 67.0 Å². The van der Waals surface area contributed by atoms with Crippen molar-refractivity contribution in [2.45, 2.75) is 19.4 Å². The van der Waals surface area contributed by atoms with Crippen LogP contribution in [0.15, 0.2) is 37.9 Å². The molecule has 0 bridgehead atoms. The molecule has 1 heterocycles. The number of nitrogens with one attached hydrogen (secondary N) is 1. The molecule has 0 aliphatic carbocycles. The molecule has 1 aromatic heterocycles. The maximum Gasteiger partial charge on any atom is 0.125 e. The molecule has 0 fully saturated rings. The molecule has 0 spiro atoms. The van der Waals surface area contributed by atoms with Crippen molar-refractivity contribution < 1.29 is 4.74 Å². The van der Waals surface area contributed by atoms with Crippen LogP contribution < -0.4 is 10.1 Å². The van der Waals surface area contributed by atoms with Gasteiger partial charge in [0.2, 0.25) is 0 Å². The summed E-state index contributed by atoms with van der Waals surface area (Å²) in [6, 6.07) is 6.31. The van der Waals surface area contributed by atoms with Crippen molar-refractivity contribution in [3.05, 3.63) is 49.0 Å². The molecule has 1 aromatic carbocycles. The van der Waals surface area contributed by atoms with Crippen LogP contribution in [-0.2, 0) is 0 Å². The molecule has 20 heavy (non-hydrogen) atoms. The Bertz CT molecular complexity index is 571. The molecule has 0 radical (unpaired) electrons. The van der Waals surface area contributed by atoms with Crippen LogP contribution >= 0.6 is 43.2 Å². The number of halogens is 2. The molecular formula is C15H17Br2NOS. The second-order valence-corrected chi connectivity index (χ2v) is 6.96. The quantitative estimate of drug-likeness (QED) is 0.680. The van der Waals surface area contributed by atoms with Crippen molar-refractivity contribution in [3.63, 3.8) is 0 Å². The summed E-state index contributed by atoms with van der Waals surface area (Å²) in [6.45, 7) is 3.14. The second kappa shape index (κ2) is 7.59. The van der Waals surface area contributed by atoms with Crippen LogP contribution in [0.5, 0.6) is 5.75 Å². The summed E-state index contributed by atoms with van der Waals surface area (Å²) >= 11 is 8.83. The molecule has 5 heteroatoms. The molecule has 0 saturated heterocycles. The molecule has 0 aliphatic rings. The number of rotatable bonds is 6. The molecule has 1 unspecified atom stereocenters. The van der Waals surface area contributed by atoms with Gasteiger partial charge in [0.1, 0.15) is 5.75 Å². The Morgan fingerprint density at radius 2 is 2.05 bits per heavy atom. The van der Waals surface area contributed by atoms with Gasteiger partial charge in [-0.15, -0.1) is 0 Å². The molecule has 1 N–H and O–H groups in total. The van der Waals surface area contributed by atoms with Crippen molar-refractivity contribution in [1.82, 2.24) is 5.32 Å². The standard InChI is InChI=1S/C15H17Br2NOS/c1-3-6-18-15(12-8-20-9-13(12)17)11-5-4-10(16)7-14(11)19-2/h4-5,7-9,15,18H,3,6H2,1-2H3. The van der Waals surface area contributed by atoms with Gasteiger partial charge in [0.05, 0.1) is 13.2 Å². The highest BCUT2D eigenvalue weighted by Gasteiger charge is 2.20. The predicted molar refractivity (Wildman–Crippen MR) is 92.8 cm³/mol. The van der Waals surface area contributed by atoms with Gasteiger partial charge in [-0.05, 0) is 52.0 Å². The lowest BCUT2D eigenvalue weighted by molar-refractivity contribution is 0.403. The molecule has 2 rings (SSSR count). The van der Waals surface area contributed by atoms with E-state index in [0.717, 1.165) is 33.2 Å². The van der Waals surface area contributed by atoms with Gasteiger partial charge >= 0.3 is 0 Å². The third-order valence-corrected chi connectivity index (χ3v) is 5.30. The van der Waals surface area contributed by atoms with E-state index < -0.39 is 0 Å². The maximum absolute atomic E-state index is 5.54. The van der Waals surface area contributed by atoms with Crippen molar-refractivity contribution in [2.24, 2.45) is 0 Å². The van der Waals surface area contributed by atoms with E-state index in [9.17, 15) is 0 Å². The van der Waals surface area contributed by atoms with Gasteiger partial charge in [-0.1, -0.05) is 28.9 Å². The molecule has 1 atom stereocenters. The minimum absolute atomic E-state index is 0.138. The smallest absolute Gasteiger partial charge is 0.125 e. The van der Waals surface area contributed by atoms with Crippen LogP contribution in [0, 0.1) is 0 Å². The van der Waals surface area contributed by atoms with Gasteiger partial charge in [-0.3, -0.25) is 0 Å². The number of benzene rings is 1. The van der Waals surface area contributed by atoms with Crippen LogP contribution in [0.2, 0.25) is 0 Å². The topological polar surface area (TPSA) is 21.3 Å². The Morgan fingerprint density at radius 1 is 1.25 bits per heavy atom. The van der Waals surface area contributed by atoms with Crippen LogP contribution in [0.25, 0.3) is 0 Å². The molecule has 2 nitrogen and oxygen atoms in total. The van der Waals surface area contributed by atoms with Gasteiger partial charge in [-0.2, -0.15) is 11.3 Å². The highest BCUT2D eigenvalue weighted by atomic mass is 79.9. The van der Waals surface area contributed by atoms with Crippen LogP contribution in [0.3, 0.4) is 0 Å². The van der Waals surface area contributed by atoms with Crippen molar-refractivity contribution in [1.29, 1.82) is 0 Å². The third-order valence-electron chi connectivity index (χ3n) is 3.06. The van der Waals surface area contributed by atoms with E-state index in [1.807, 2.05) is 6.07 Å². The van der Waals surface area contributed by atoms with Gasteiger partial charge in [0.15, 0.2) is 0 Å². The summed E-state index contributed by atoms with van der Waals surface area (Å²) in [5, 5.41) is 7.90. The summed E-state index contributed by atoms with van der Waals surface area (Å²) in [5.41, 5.74) is 2.41. The monoisotopic (exact) mass is 417 g/mol. The number of hydrogen-bond acceptors (Lipinski definition) is 3. The van der Waals surface area contributed by atoms with Gasteiger partial charge in [0, 0.05) is 19.9 Å². The summed E-state index contributed by atoms with van der Waals surface area (Å²) in [5.74, 6) is 0.895. The highest BCUT2D eigenvalue weighted by molar-refractivity contribution is 9.10. The third kappa shape index (κ3) is 3.64. The van der Waals surface area contributed by atoms with Crippen molar-refractivity contribution in [2.75, 3.05) is 13.7 Å². The zero-order valence-electron chi connectivity index (χ0n) is 11.5. The van der Waals surface area contributed by atoms with Gasteiger partial charge in [0.25, 0.3) is 0 Å². The average Bonchev–Trinajstić information content (AvgIpc) is 2.86. The molecule has 2 aromatic rings. The summed E-state index contributed by atoms with van der Waals surface area (Å²) in [7, 11) is 1.71. The molecule has 108 valence electrons. The van der Waals surface area contributed by atoms with E-state index in [0.29, 0.717) is 0 Å². The van der Waals surface area contributed by atoms with Crippen molar-refractivity contribution >= 4 is 43.2 Å². The minimum Gasteiger partial charge on any atom is -0.496 e. The number of hydrogen-bond donors (Lipinski definition) is 1. The first-order valence-electron chi connectivity index (χ1n) is 6.45. The maximum atomic E-state index is 5.54. The average molecular weight is 419 g/mol. The Labute approximate surface area is 140 Å².